The second kappa shape index (κ2) is 9.40. The predicted octanol–water partition coefficient (Wildman–Crippen LogP) is 6.15. The maximum Gasteiger partial charge on any atom is 0.205 e. The van der Waals surface area contributed by atoms with Crippen LogP contribution in [0.15, 0.2) is 36.9 Å². The van der Waals surface area contributed by atoms with Gasteiger partial charge in [-0.1, -0.05) is 90.3 Å². The van der Waals surface area contributed by atoms with Gasteiger partial charge in [0.2, 0.25) is 6.29 Å². The normalized spacial score (nSPS) is 24.1. The number of benzene rings is 1. The van der Waals surface area contributed by atoms with Gasteiger partial charge in [-0.2, -0.15) is 0 Å². The van der Waals surface area contributed by atoms with Gasteiger partial charge in [-0.15, -0.1) is 0 Å². The summed E-state index contributed by atoms with van der Waals surface area (Å²) < 4.78 is 18.4. The second-order valence-electron chi connectivity index (χ2n) is 8.01. The maximum absolute atomic E-state index is 6.22. The molecular weight excluding hydrogens is 312 g/mol. The summed E-state index contributed by atoms with van der Waals surface area (Å²) in [6.45, 7) is 12.7. The van der Waals surface area contributed by atoms with Gasteiger partial charge < -0.3 is 14.2 Å². The molecule has 0 aromatic heterocycles. The predicted molar refractivity (Wildman–Crippen MR) is 103 cm³/mol. The highest BCUT2D eigenvalue weighted by Gasteiger charge is 2.37. The summed E-state index contributed by atoms with van der Waals surface area (Å²) in [7, 11) is 0. The standard InChI is InChI=1S/C22H34O3/c1-6-7-8-12-15-19-16-20(25-21(24-19)22(3,4)5)23-17(2)18-13-10-9-11-14-18/h9-11,13-14,19-21H,2,6-8,12,15-16H2,1,3-5H3/t19-,20-,21-/m0/s1. The lowest BCUT2D eigenvalue weighted by atomic mass is 9.94. The minimum Gasteiger partial charge on any atom is -0.465 e. The second-order valence-corrected chi connectivity index (χ2v) is 8.01. The summed E-state index contributed by atoms with van der Waals surface area (Å²) in [6.07, 6.45) is 6.44. The van der Waals surface area contributed by atoms with Crippen LogP contribution in [0.3, 0.4) is 0 Å². The monoisotopic (exact) mass is 346 g/mol. The summed E-state index contributed by atoms with van der Waals surface area (Å²) in [6, 6.07) is 9.98. The molecule has 1 aliphatic heterocycles. The van der Waals surface area contributed by atoms with Crippen molar-refractivity contribution in [3.05, 3.63) is 42.5 Å². The molecule has 1 fully saturated rings. The fourth-order valence-corrected chi connectivity index (χ4v) is 2.99. The fraction of sp³-hybridized carbons (Fsp3) is 0.636. The first-order valence-electron chi connectivity index (χ1n) is 9.62. The van der Waals surface area contributed by atoms with Gasteiger partial charge in [0.1, 0.15) is 5.76 Å². The van der Waals surface area contributed by atoms with Crippen molar-refractivity contribution in [3.8, 4) is 0 Å². The lowest BCUT2D eigenvalue weighted by Gasteiger charge is -2.41. The Labute approximate surface area is 153 Å². The summed E-state index contributed by atoms with van der Waals surface area (Å²) >= 11 is 0. The molecule has 1 aromatic carbocycles. The molecule has 0 aliphatic carbocycles. The molecule has 0 spiro atoms. The van der Waals surface area contributed by atoms with Crippen molar-refractivity contribution in [3.63, 3.8) is 0 Å². The minimum atomic E-state index is -0.304. The van der Waals surface area contributed by atoms with Crippen LogP contribution in [0.1, 0.15) is 71.8 Å². The highest BCUT2D eigenvalue weighted by Crippen LogP contribution is 2.34. The van der Waals surface area contributed by atoms with Crippen molar-refractivity contribution < 1.29 is 14.2 Å². The summed E-state index contributed by atoms with van der Waals surface area (Å²) in [5.74, 6) is 0.657. The maximum atomic E-state index is 6.22. The third-order valence-electron chi connectivity index (χ3n) is 4.50. The van der Waals surface area contributed by atoms with Gasteiger partial charge in [-0.25, -0.2) is 0 Å². The Kier molecular flexibility index (Phi) is 7.52. The molecule has 1 aliphatic rings. The van der Waals surface area contributed by atoms with Crippen molar-refractivity contribution in [1.82, 2.24) is 0 Å². The Bertz CT molecular complexity index is 518. The zero-order valence-corrected chi connectivity index (χ0v) is 16.3. The van der Waals surface area contributed by atoms with Crippen LogP contribution < -0.4 is 0 Å². The van der Waals surface area contributed by atoms with Gasteiger partial charge in [-0.3, -0.25) is 0 Å². The average Bonchev–Trinajstić information content (AvgIpc) is 2.58. The van der Waals surface area contributed by atoms with Crippen LogP contribution in [0.4, 0.5) is 0 Å². The van der Waals surface area contributed by atoms with E-state index in [4.69, 9.17) is 14.2 Å². The Morgan fingerprint density at radius 2 is 1.84 bits per heavy atom. The van der Waals surface area contributed by atoms with E-state index in [1.807, 2.05) is 30.3 Å². The summed E-state index contributed by atoms with van der Waals surface area (Å²) in [5.41, 5.74) is 0.905. The Morgan fingerprint density at radius 1 is 1.12 bits per heavy atom. The topological polar surface area (TPSA) is 27.7 Å². The van der Waals surface area contributed by atoms with E-state index in [0.29, 0.717) is 5.76 Å². The van der Waals surface area contributed by atoms with E-state index in [0.717, 1.165) is 18.4 Å². The molecule has 2 rings (SSSR count). The van der Waals surface area contributed by atoms with Crippen LogP contribution in [0.25, 0.3) is 5.76 Å². The van der Waals surface area contributed by atoms with E-state index in [2.05, 4.69) is 34.3 Å². The molecule has 0 amide bonds. The van der Waals surface area contributed by atoms with Gasteiger partial charge >= 0.3 is 0 Å². The molecular formula is C22H34O3. The Balaban J connectivity index is 1.96. The van der Waals surface area contributed by atoms with Crippen LogP contribution >= 0.6 is 0 Å². The molecule has 1 aromatic rings. The third kappa shape index (κ3) is 6.48. The van der Waals surface area contributed by atoms with Gasteiger partial charge in [-0.05, 0) is 6.42 Å². The zero-order valence-electron chi connectivity index (χ0n) is 16.3. The van der Waals surface area contributed by atoms with Crippen LogP contribution in [0, 0.1) is 5.41 Å². The van der Waals surface area contributed by atoms with Gasteiger partial charge in [0.25, 0.3) is 0 Å². The van der Waals surface area contributed by atoms with Gasteiger partial charge in [0, 0.05) is 17.4 Å². The molecule has 0 N–H and O–H groups in total. The molecule has 3 heteroatoms. The number of rotatable bonds is 8. The number of ether oxygens (including phenoxy) is 3. The van der Waals surface area contributed by atoms with E-state index in [-0.39, 0.29) is 24.1 Å². The molecule has 0 unspecified atom stereocenters. The molecule has 1 saturated heterocycles. The van der Waals surface area contributed by atoms with Crippen molar-refractivity contribution in [2.45, 2.75) is 84.9 Å². The van der Waals surface area contributed by atoms with Crippen molar-refractivity contribution in [2.24, 2.45) is 5.41 Å². The van der Waals surface area contributed by atoms with Crippen molar-refractivity contribution in [2.75, 3.05) is 0 Å². The molecule has 0 bridgehead atoms. The smallest absolute Gasteiger partial charge is 0.205 e. The van der Waals surface area contributed by atoms with E-state index in [1.54, 1.807) is 0 Å². The third-order valence-corrected chi connectivity index (χ3v) is 4.50. The minimum absolute atomic E-state index is 0.0855. The van der Waals surface area contributed by atoms with Crippen LogP contribution in [-0.4, -0.2) is 18.7 Å². The van der Waals surface area contributed by atoms with E-state index in [1.165, 1.54) is 25.7 Å². The van der Waals surface area contributed by atoms with E-state index < -0.39 is 0 Å². The first-order valence-corrected chi connectivity index (χ1v) is 9.62. The molecule has 0 radical (unpaired) electrons. The Morgan fingerprint density at radius 3 is 2.48 bits per heavy atom. The highest BCUT2D eigenvalue weighted by atomic mass is 16.8. The number of hydrogen-bond donors (Lipinski definition) is 0. The SMILES string of the molecule is C=C(O[C@@H]1C[C@H](CCCCCC)O[C@H](C(C)(C)C)O1)c1ccccc1. The van der Waals surface area contributed by atoms with E-state index in [9.17, 15) is 0 Å². The van der Waals surface area contributed by atoms with Gasteiger partial charge in [0.15, 0.2) is 6.29 Å². The Hall–Kier alpha value is -1.32. The molecule has 0 saturated carbocycles. The van der Waals surface area contributed by atoms with Crippen LogP contribution in [-0.2, 0) is 14.2 Å². The van der Waals surface area contributed by atoms with Crippen LogP contribution in [0.5, 0.6) is 0 Å². The lowest BCUT2D eigenvalue weighted by molar-refractivity contribution is -0.321. The fourth-order valence-electron chi connectivity index (χ4n) is 2.99. The van der Waals surface area contributed by atoms with Crippen LogP contribution in [0.2, 0.25) is 0 Å². The number of unbranched alkanes of at least 4 members (excludes halogenated alkanes) is 3. The average molecular weight is 347 g/mol. The molecule has 3 atom stereocenters. The quantitative estimate of drug-likeness (QED) is 0.417. The molecule has 3 nitrogen and oxygen atoms in total. The molecule has 25 heavy (non-hydrogen) atoms. The van der Waals surface area contributed by atoms with Crippen molar-refractivity contribution in [1.29, 1.82) is 0 Å². The zero-order chi connectivity index (χ0) is 18.3. The highest BCUT2D eigenvalue weighted by molar-refractivity contribution is 5.57. The molecule has 140 valence electrons. The van der Waals surface area contributed by atoms with Crippen molar-refractivity contribution >= 4 is 5.76 Å². The molecule has 1 heterocycles. The first-order chi connectivity index (χ1) is 11.9. The van der Waals surface area contributed by atoms with Gasteiger partial charge in [0.05, 0.1) is 6.10 Å². The summed E-state index contributed by atoms with van der Waals surface area (Å²) in [5, 5.41) is 0. The summed E-state index contributed by atoms with van der Waals surface area (Å²) in [4.78, 5) is 0. The first kappa shape index (κ1) is 20.0. The number of hydrogen-bond acceptors (Lipinski definition) is 3. The lowest BCUT2D eigenvalue weighted by Crippen LogP contribution is -2.45. The van der Waals surface area contributed by atoms with E-state index >= 15 is 0 Å². The largest absolute Gasteiger partial charge is 0.465 e.